The molecule has 8 nitrogen and oxygen atoms in total. The van der Waals surface area contributed by atoms with Crippen molar-refractivity contribution < 1.29 is 4.74 Å². The second-order valence-electron chi connectivity index (χ2n) is 5.82. The summed E-state index contributed by atoms with van der Waals surface area (Å²) in [6.45, 7) is 1.58. The van der Waals surface area contributed by atoms with Gasteiger partial charge in [0.05, 0.1) is 17.6 Å². The molecule has 1 saturated heterocycles. The van der Waals surface area contributed by atoms with Crippen molar-refractivity contribution in [2.45, 2.75) is 18.9 Å². The van der Waals surface area contributed by atoms with Gasteiger partial charge in [0.25, 0.3) is 0 Å². The van der Waals surface area contributed by atoms with Gasteiger partial charge in [-0.15, -0.1) is 0 Å². The molecule has 0 aliphatic carbocycles. The van der Waals surface area contributed by atoms with Gasteiger partial charge in [-0.1, -0.05) is 0 Å². The first-order valence-electron chi connectivity index (χ1n) is 7.78. The van der Waals surface area contributed by atoms with Crippen LogP contribution in [0.3, 0.4) is 0 Å². The van der Waals surface area contributed by atoms with Crippen LogP contribution in [0.1, 0.15) is 24.7 Å². The van der Waals surface area contributed by atoms with Gasteiger partial charge in [-0.05, 0) is 18.8 Å². The predicted molar refractivity (Wildman–Crippen MR) is 84.8 cm³/mol. The Hall–Kier alpha value is -2.48. The molecule has 8 heteroatoms. The second-order valence-corrected chi connectivity index (χ2v) is 5.82. The molecule has 0 spiro atoms. The van der Waals surface area contributed by atoms with Crippen molar-refractivity contribution >= 4 is 16.9 Å². The fourth-order valence-electron chi connectivity index (χ4n) is 3.15. The van der Waals surface area contributed by atoms with Crippen LogP contribution in [-0.4, -0.2) is 42.9 Å². The average molecular weight is 313 g/mol. The Kier molecular flexibility index (Phi) is 3.66. The molecule has 1 aliphatic heterocycles. The fraction of sp³-hybridized carbons (Fsp3) is 0.467. The van der Waals surface area contributed by atoms with E-state index < -0.39 is 0 Å². The molecule has 120 valence electrons. The van der Waals surface area contributed by atoms with Crippen LogP contribution < -0.4 is 5.32 Å². The maximum absolute atomic E-state index is 5.51. The largest absolute Gasteiger partial charge is 0.381 e. The molecule has 3 aromatic heterocycles. The highest BCUT2D eigenvalue weighted by molar-refractivity contribution is 5.85. The molecule has 0 aromatic carbocycles. The molecule has 1 unspecified atom stereocenters. The third kappa shape index (κ3) is 2.65. The third-order valence-corrected chi connectivity index (χ3v) is 4.41. The standard InChI is InChI=1S/C15H19N7O/c1-22-5-4-16-15(22)12(10-2-6-23-7-3-10)20-13-11-8-19-21-14(11)18-9-17-13/h4-5,8-10,12H,2-3,6-7H2,1H3,(H2,17,18,19,20,21). The van der Waals surface area contributed by atoms with Crippen molar-refractivity contribution in [1.29, 1.82) is 0 Å². The SMILES string of the molecule is Cn1ccnc1C(Nc1ncnc2[nH]ncc12)C1CCOCC1. The normalized spacial score (nSPS) is 17.4. The summed E-state index contributed by atoms with van der Waals surface area (Å²) in [5.74, 6) is 2.23. The van der Waals surface area contributed by atoms with Gasteiger partial charge < -0.3 is 14.6 Å². The van der Waals surface area contributed by atoms with Crippen LogP contribution in [0.5, 0.6) is 0 Å². The van der Waals surface area contributed by atoms with Gasteiger partial charge in [0.1, 0.15) is 18.0 Å². The Labute approximate surface area is 133 Å². The summed E-state index contributed by atoms with van der Waals surface area (Å²) in [4.78, 5) is 13.1. The number of nitrogens with one attached hydrogen (secondary N) is 2. The van der Waals surface area contributed by atoms with Gasteiger partial charge in [-0.25, -0.2) is 15.0 Å². The van der Waals surface area contributed by atoms with E-state index >= 15 is 0 Å². The van der Waals surface area contributed by atoms with Gasteiger partial charge >= 0.3 is 0 Å². The monoisotopic (exact) mass is 313 g/mol. The number of rotatable bonds is 4. The fourth-order valence-corrected chi connectivity index (χ4v) is 3.15. The molecular weight excluding hydrogens is 294 g/mol. The third-order valence-electron chi connectivity index (χ3n) is 4.41. The van der Waals surface area contributed by atoms with Gasteiger partial charge in [0.2, 0.25) is 0 Å². The zero-order valence-corrected chi connectivity index (χ0v) is 12.9. The lowest BCUT2D eigenvalue weighted by molar-refractivity contribution is 0.0594. The molecule has 1 aliphatic rings. The molecule has 0 amide bonds. The van der Waals surface area contributed by atoms with E-state index in [4.69, 9.17) is 4.74 Å². The van der Waals surface area contributed by atoms with E-state index in [0.29, 0.717) is 5.92 Å². The maximum atomic E-state index is 5.51. The highest BCUT2D eigenvalue weighted by Crippen LogP contribution is 2.33. The molecule has 3 aromatic rings. The minimum atomic E-state index is 0.0758. The number of nitrogens with zero attached hydrogens (tertiary/aromatic N) is 5. The van der Waals surface area contributed by atoms with Gasteiger partial charge in [0, 0.05) is 32.7 Å². The average Bonchev–Trinajstić information content (AvgIpc) is 3.22. The summed E-state index contributed by atoms with van der Waals surface area (Å²) in [7, 11) is 2.02. The number of imidazole rings is 1. The van der Waals surface area contributed by atoms with Crippen LogP contribution in [0.4, 0.5) is 5.82 Å². The van der Waals surface area contributed by atoms with Crippen LogP contribution in [0.15, 0.2) is 24.9 Å². The van der Waals surface area contributed by atoms with Crippen molar-refractivity contribution in [1.82, 2.24) is 29.7 Å². The summed E-state index contributed by atoms with van der Waals surface area (Å²) < 4.78 is 7.57. The maximum Gasteiger partial charge on any atom is 0.160 e. The highest BCUT2D eigenvalue weighted by atomic mass is 16.5. The van der Waals surface area contributed by atoms with Crippen LogP contribution in [0.2, 0.25) is 0 Å². The first-order chi connectivity index (χ1) is 11.3. The smallest absolute Gasteiger partial charge is 0.160 e. The molecule has 0 radical (unpaired) electrons. The van der Waals surface area contributed by atoms with Crippen molar-refractivity contribution in [3.8, 4) is 0 Å². The van der Waals surface area contributed by atoms with Crippen molar-refractivity contribution in [3.05, 3.63) is 30.7 Å². The molecule has 23 heavy (non-hydrogen) atoms. The molecule has 0 bridgehead atoms. The van der Waals surface area contributed by atoms with Crippen LogP contribution in [-0.2, 0) is 11.8 Å². The van der Waals surface area contributed by atoms with Crippen molar-refractivity contribution in [2.75, 3.05) is 18.5 Å². The Bertz CT molecular complexity index is 790. The topological polar surface area (TPSA) is 93.5 Å². The van der Waals surface area contributed by atoms with E-state index in [1.807, 2.05) is 19.4 Å². The number of ether oxygens (including phenoxy) is 1. The second kappa shape index (κ2) is 5.96. The van der Waals surface area contributed by atoms with Crippen LogP contribution in [0, 0.1) is 5.92 Å². The van der Waals surface area contributed by atoms with Crippen LogP contribution in [0.25, 0.3) is 11.0 Å². The Morgan fingerprint density at radius 2 is 2.17 bits per heavy atom. The van der Waals surface area contributed by atoms with Crippen molar-refractivity contribution in [3.63, 3.8) is 0 Å². The predicted octanol–water partition coefficient (Wildman–Crippen LogP) is 1.67. The van der Waals surface area contributed by atoms with Gasteiger partial charge in [-0.2, -0.15) is 5.10 Å². The van der Waals surface area contributed by atoms with E-state index in [9.17, 15) is 0 Å². The number of anilines is 1. The summed E-state index contributed by atoms with van der Waals surface area (Å²) in [5.41, 5.74) is 0.730. The Morgan fingerprint density at radius 1 is 1.30 bits per heavy atom. The number of aromatic nitrogens is 6. The summed E-state index contributed by atoms with van der Waals surface area (Å²) >= 11 is 0. The van der Waals surface area contributed by atoms with Crippen molar-refractivity contribution in [2.24, 2.45) is 13.0 Å². The summed E-state index contributed by atoms with van der Waals surface area (Å²) in [5, 5.41) is 11.4. The molecule has 4 heterocycles. The molecule has 0 saturated carbocycles. The van der Waals surface area contributed by atoms with Crippen LogP contribution >= 0.6 is 0 Å². The van der Waals surface area contributed by atoms with E-state index in [1.54, 1.807) is 12.5 Å². The van der Waals surface area contributed by atoms with E-state index in [-0.39, 0.29) is 6.04 Å². The van der Waals surface area contributed by atoms with E-state index in [0.717, 1.165) is 48.7 Å². The first-order valence-corrected chi connectivity index (χ1v) is 7.78. The number of fused-ring (bicyclic) bond motifs is 1. The molecule has 1 fully saturated rings. The number of aryl methyl sites for hydroxylation is 1. The van der Waals surface area contributed by atoms with E-state index in [1.165, 1.54) is 0 Å². The number of hydrogen-bond acceptors (Lipinski definition) is 6. The zero-order valence-electron chi connectivity index (χ0n) is 12.9. The summed E-state index contributed by atoms with van der Waals surface area (Å²) in [6, 6.07) is 0.0758. The highest BCUT2D eigenvalue weighted by Gasteiger charge is 2.29. The lowest BCUT2D eigenvalue weighted by Crippen LogP contribution is -2.29. The molecule has 4 rings (SSSR count). The minimum absolute atomic E-state index is 0.0758. The summed E-state index contributed by atoms with van der Waals surface area (Å²) in [6.07, 6.45) is 9.10. The quantitative estimate of drug-likeness (QED) is 0.761. The van der Waals surface area contributed by atoms with Gasteiger partial charge in [0.15, 0.2) is 5.65 Å². The number of aromatic amines is 1. The molecule has 2 N–H and O–H groups in total. The first kappa shape index (κ1) is 14.1. The van der Waals surface area contributed by atoms with Gasteiger partial charge in [-0.3, -0.25) is 5.10 Å². The molecular formula is C15H19N7O. The van der Waals surface area contributed by atoms with E-state index in [2.05, 4.69) is 35.0 Å². The Balaban J connectivity index is 1.70. The number of hydrogen-bond donors (Lipinski definition) is 2. The number of H-pyrrole nitrogens is 1. The minimum Gasteiger partial charge on any atom is -0.381 e. The zero-order chi connectivity index (χ0) is 15.6. The lowest BCUT2D eigenvalue weighted by atomic mass is 9.91. The Morgan fingerprint density at radius 3 is 2.96 bits per heavy atom. The lowest BCUT2D eigenvalue weighted by Gasteiger charge is -2.31. The molecule has 1 atom stereocenters.